The molecular formula is C11H23Cl2N5S. The summed E-state index contributed by atoms with van der Waals surface area (Å²) in [6, 6.07) is 0.397. The molecule has 0 saturated heterocycles. The lowest BCUT2D eigenvalue weighted by atomic mass is 9.87. The standard InChI is InChI=1S/C11H21N5S.2ClH/c1-16-10(6-12)14-15-11(16)17-7-8-3-2-4-9(13)5-8;;/h8-9H,2-7,12-13H2,1H3;2*1H/t8-,9+;;/m1../s1. The molecule has 0 spiro atoms. The van der Waals surface area contributed by atoms with Crippen LogP contribution in [0.1, 0.15) is 31.5 Å². The molecule has 8 heteroatoms. The summed E-state index contributed by atoms with van der Waals surface area (Å²) in [6.45, 7) is 0.443. The van der Waals surface area contributed by atoms with Gasteiger partial charge in [0.1, 0.15) is 5.82 Å². The molecule has 2 rings (SSSR count). The van der Waals surface area contributed by atoms with Crippen molar-refractivity contribution in [3.63, 3.8) is 0 Å². The van der Waals surface area contributed by atoms with E-state index in [1.54, 1.807) is 11.8 Å². The largest absolute Gasteiger partial charge is 0.328 e. The summed E-state index contributed by atoms with van der Waals surface area (Å²) in [6.07, 6.45) is 4.89. The molecule has 0 radical (unpaired) electrons. The second-order valence-corrected chi connectivity index (χ2v) is 5.75. The van der Waals surface area contributed by atoms with Crippen LogP contribution in [0.4, 0.5) is 0 Å². The first kappa shape index (κ1) is 19.0. The van der Waals surface area contributed by atoms with Crippen molar-refractivity contribution in [1.82, 2.24) is 14.8 Å². The van der Waals surface area contributed by atoms with Crippen molar-refractivity contribution in [3.8, 4) is 0 Å². The third kappa shape index (κ3) is 5.11. The number of nitrogens with zero attached hydrogens (tertiary/aromatic N) is 3. The molecule has 0 amide bonds. The van der Waals surface area contributed by atoms with Crippen LogP contribution in [0.15, 0.2) is 5.16 Å². The van der Waals surface area contributed by atoms with Crippen LogP contribution >= 0.6 is 36.6 Å². The van der Waals surface area contributed by atoms with Gasteiger partial charge in [-0.2, -0.15) is 0 Å². The van der Waals surface area contributed by atoms with Gasteiger partial charge in [-0.15, -0.1) is 35.0 Å². The molecule has 112 valence electrons. The van der Waals surface area contributed by atoms with E-state index < -0.39 is 0 Å². The summed E-state index contributed by atoms with van der Waals surface area (Å²) < 4.78 is 1.98. The average molecular weight is 328 g/mol. The Balaban J connectivity index is 0.00000162. The zero-order valence-corrected chi connectivity index (χ0v) is 13.6. The van der Waals surface area contributed by atoms with E-state index in [2.05, 4.69) is 10.2 Å². The van der Waals surface area contributed by atoms with Crippen LogP contribution in [0.2, 0.25) is 0 Å². The molecule has 1 aliphatic carbocycles. The number of halogens is 2. The molecule has 0 aromatic carbocycles. The van der Waals surface area contributed by atoms with E-state index >= 15 is 0 Å². The predicted octanol–water partition coefficient (Wildman–Crippen LogP) is 1.73. The molecule has 19 heavy (non-hydrogen) atoms. The smallest absolute Gasteiger partial charge is 0.190 e. The van der Waals surface area contributed by atoms with Gasteiger partial charge in [-0.3, -0.25) is 0 Å². The number of thioether (sulfide) groups is 1. The maximum absolute atomic E-state index is 5.99. The van der Waals surface area contributed by atoms with Gasteiger partial charge >= 0.3 is 0 Å². The zero-order chi connectivity index (χ0) is 12.3. The van der Waals surface area contributed by atoms with Gasteiger partial charge in [0.05, 0.1) is 6.54 Å². The number of hydrogen-bond acceptors (Lipinski definition) is 5. The van der Waals surface area contributed by atoms with E-state index in [0.717, 1.165) is 29.1 Å². The molecule has 1 aliphatic rings. The molecule has 0 unspecified atom stereocenters. The second-order valence-electron chi connectivity index (χ2n) is 4.77. The SMILES string of the molecule is Cl.Cl.Cn1c(CN)nnc1SC[C@@H]1CCC[C@H](N)C1. The van der Waals surface area contributed by atoms with Gasteiger partial charge < -0.3 is 16.0 Å². The Hall–Kier alpha value is -0.0100. The number of rotatable bonds is 4. The zero-order valence-electron chi connectivity index (χ0n) is 11.1. The van der Waals surface area contributed by atoms with Crippen molar-refractivity contribution >= 4 is 36.6 Å². The number of hydrogen-bond donors (Lipinski definition) is 2. The van der Waals surface area contributed by atoms with E-state index in [0.29, 0.717) is 12.6 Å². The van der Waals surface area contributed by atoms with E-state index in [1.165, 1.54) is 19.3 Å². The second kappa shape index (κ2) is 9.02. The minimum absolute atomic E-state index is 0. The monoisotopic (exact) mass is 327 g/mol. The third-order valence-corrected chi connectivity index (χ3v) is 4.63. The highest BCUT2D eigenvalue weighted by atomic mass is 35.5. The first-order valence-electron chi connectivity index (χ1n) is 6.17. The van der Waals surface area contributed by atoms with Crippen LogP contribution in [0.5, 0.6) is 0 Å². The number of nitrogens with two attached hydrogens (primary N) is 2. The van der Waals surface area contributed by atoms with E-state index in [1.807, 2.05) is 11.6 Å². The van der Waals surface area contributed by atoms with Crippen molar-refractivity contribution in [3.05, 3.63) is 5.82 Å². The summed E-state index contributed by atoms with van der Waals surface area (Å²) in [5.41, 5.74) is 11.6. The van der Waals surface area contributed by atoms with Gasteiger partial charge in [-0.05, 0) is 25.2 Å². The summed E-state index contributed by atoms with van der Waals surface area (Å²) in [5, 5.41) is 9.17. The minimum atomic E-state index is 0. The van der Waals surface area contributed by atoms with Crippen LogP contribution in [0.3, 0.4) is 0 Å². The van der Waals surface area contributed by atoms with Crippen molar-refractivity contribution in [2.45, 2.75) is 43.4 Å². The highest BCUT2D eigenvalue weighted by Gasteiger charge is 2.20. The fraction of sp³-hybridized carbons (Fsp3) is 0.818. The third-order valence-electron chi connectivity index (χ3n) is 3.38. The first-order valence-corrected chi connectivity index (χ1v) is 7.16. The van der Waals surface area contributed by atoms with Gasteiger partial charge in [-0.25, -0.2) is 0 Å². The Labute approximate surface area is 131 Å². The molecule has 4 N–H and O–H groups in total. The Bertz CT molecular complexity index is 374. The molecule has 0 bridgehead atoms. The van der Waals surface area contributed by atoms with E-state index in [4.69, 9.17) is 11.5 Å². The fourth-order valence-corrected chi connectivity index (χ4v) is 3.41. The highest BCUT2D eigenvalue weighted by Crippen LogP contribution is 2.28. The molecule has 1 aromatic heterocycles. The minimum Gasteiger partial charge on any atom is -0.328 e. The fourth-order valence-electron chi connectivity index (χ4n) is 2.32. The molecule has 1 aromatic rings. The van der Waals surface area contributed by atoms with Gasteiger partial charge in [0.2, 0.25) is 0 Å². The van der Waals surface area contributed by atoms with Crippen LogP contribution in [-0.2, 0) is 13.6 Å². The first-order chi connectivity index (χ1) is 8.20. The Morgan fingerprint density at radius 2 is 2.05 bits per heavy atom. The Kier molecular flexibility index (Phi) is 9.02. The van der Waals surface area contributed by atoms with Crippen LogP contribution in [0, 0.1) is 5.92 Å². The van der Waals surface area contributed by atoms with Gasteiger partial charge in [0.25, 0.3) is 0 Å². The molecular weight excluding hydrogens is 305 g/mol. The van der Waals surface area contributed by atoms with E-state index in [-0.39, 0.29) is 24.8 Å². The van der Waals surface area contributed by atoms with Crippen molar-refractivity contribution < 1.29 is 0 Å². The lowest BCUT2D eigenvalue weighted by molar-refractivity contribution is 0.349. The van der Waals surface area contributed by atoms with Crippen molar-refractivity contribution in [1.29, 1.82) is 0 Å². The van der Waals surface area contributed by atoms with Gasteiger partial charge in [0.15, 0.2) is 5.16 Å². The topological polar surface area (TPSA) is 82.8 Å². The van der Waals surface area contributed by atoms with Crippen LogP contribution in [-0.4, -0.2) is 26.6 Å². The van der Waals surface area contributed by atoms with Crippen LogP contribution < -0.4 is 11.5 Å². The lowest BCUT2D eigenvalue weighted by Gasteiger charge is -2.25. The van der Waals surface area contributed by atoms with E-state index in [9.17, 15) is 0 Å². The summed E-state index contributed by atoms with van der Waals surface area (Å²) >= 11 is 1.77. The highest BCUT2D eigenvalue weighted by molar-refractivity contribution is 7.99. The maximum atomic E-state index is 5.99. The maximum Gasteiger partial charge on any atom is 0.190 e. The summed E-state index contributed by atoms with van der Waals surface area (Å²) in [4.78, 5) is 0. The predicted molar refractivity (Wildman–Crippen MR) is 84.0 cm³/mol. The van der Waals surface area contributed by atoms with Crippen molar-refractivity contribution in [2.75, 3.05) is 5.75 Å². The van der Waals surface area contributed by atoms with Crippen molar-refractivity contribution in [2.24, 2.45) is 24.4 Å². The Morgan fingerprint density at radius 1 is 1.32 bits per heavy atom. The summed E-state index contributed by atoms with van der Waals surface area (Å²) in [7, 11) is 1.97. The van der Waals surface area contributed by atoms with Crippen LogP contribution in [0.25, 0.3) is 0 Å². The summed E-state index contributed by atoms with van der Waals surface area (Å²) in [5.74, 6) is 2.65. The molecule has 2 atom stereocenters. The normalized spacial score (nSPS) is 22.5. The quantitative estimate of drug-likeness (QED) is 0.823. The molecule has 1 fully saturated rings. The Morgan fingerprint density at radius 3 is 2.63 bits per heavy atom. The average Bonchev–Trinajstić information content (AvgIpc) is 2.67. The molecule has 1 saturated carbocycles. The van der Waals surface area contributed by atoms with Gasteiger partial charge in [0, 0.05) is 18.8 Å². The molecule has 1 heterocycles. The molecule has 5 nitrogen and oxygen atoms in total. The number of aromatic nitrogens is 3. The lowest BCUT2D eigenvalue weighted by Crippen LogP contribution is -2.28. The van der Waals surface area contributed by atoms with Gasteiger partial charge in [-0.1, -0.05) is 18.2 Å². The molecule has 0 aliphatic heterocycles.